The number of methoxy groups -OCH3 is 1. The van der Waals surface area contributed by atoms with Crippen molar-refractivity contribution in [3.8, 4) is 5.75 Å². The lowest BCUT2D eigenvalue weighted by molar-refractivity contribution is 0.0198. The smallest absolute Gasteiger partial charge is 0.118 e. The van der Waals surface area contributed by atoms with Gasteiger partial charge in [0.05, 0.1) is 12.7 Å². The van der Waals surface area contributed by atoms with E-state index in [-0.39, 0.29) is 0 Å². The summed E-state index contributed by atoms with van der Waals surface area (Å²) < 4.78 is 5.15. The van der Waals surface area contributed by atoms with Gasteiger partial charge in [0.1, 0.15) is 5.75 Å². The maximum atomic E-state index is 10.8. The summed E-state index contributed by atoms with van der Waals surface area (Å²) in [6.07, 6.45) is 5.22. The van der Waals surface area contributed by atoms with E-state index in [4.69, 9.17) is 4.74 Å². The highest BCUT2D eigenvalue weighted by atomic mass is 16.5. The maximum Gasteiger partial charge on any atom is 0.118 e. The van der Waals surface area contributed by atoms with Crippen LogP contribution in [0.15, 0.2) is 24.3 Å². The predicted molar refractivity (Wildman–Crippen MR) is 69.1 cm³/mol. The van der Waals surface area contributed by atoms with Crippen molar-refractivity contribution >= 4 is 0 Å². The summed E-state index contributed by atoms with van der Waals surface area (Å²) in [5.74, 6) is 1.58. The summed E-state index contributed by atoms with van der Waals surface area (Å²) in [5.41, 5.74) is 0.407. The third kappa shape index (κ3) is 2.81. The number of ether oxygens (including phenoxy) is 1. The van der Waals surface area contributed by atoms with Crippen LogP contribution in [0.5, 0.6) is 5.75 Å². The molecule has 1 aromatic carbocycles. The van der Waals surface area contributed by atoms with Gasteiger partial charge in [0.15, 0.2) is 0 Å². The molecule has 0 bridgehead atoms. The van der Waals surface area contributed by atoms with Gasteiger partial charge in [0.25, 0.3) is 0 Å². The molecule has 2 unspecified atom stereocenters. The molecule has 2 nitrogen and oxygen atoms in total. The van der Waals surface area contributed by atoms with E-state index in [1.807, 2.05) is 24.3 Å². The largest absolute Gasteiger partial charge is 0.497 e. The third-order valence-electron chi connectivity index (χ3n) is 3.97. The SMILES string of the molecule is COc1ccc(C2(O)CCCC(C)CC2)cc1. The van der Waals surface area contributed by atoms with Gasteiger partial charge in [-0.1, -0.05) is 25.5 Å². The lowest BCUT2D eigenvalue weighted by Crippen LogP contribution is -2.24. The topological polar surface area (TPSA) is 29.5 Å². The first-order chi connectivity index (χ1) is 8.14. The van der Waals surface area contributed by atoms with Gasteiger partial charge in [0.2, 0.25) is 0 Å². The fraction of sp³-hybridized carbons (Fsp3) is 0.600. The lowest BCUT2D eigenvalue weighted by atomic mass is 9.86. The Morgan fingerprint density at radius 1 is 1.18 bits per heavy atom. The molecule has 0 amide bonds. The highest BCUT2D eigenvalue weighted by molar-refractivity contribution is 5.30. The normalized spacial score (nSPS) is 29.7. The Morgan fingerprint density at radius 2 is 1.88 bits per heavy atom. The van der Waals surface area contributed by atoms with Crippen LogP contribution in [0, 0.1) is 5.92 Å². The summed E-state index contributed by atoms with van der Waals surface area (Å²) in [4.78, 5) is 0. The van der Waals surface area contributed by atoms with Crippen LogP contribution in [0.4, 0.5) is 0 Å². The zero-order valence-electron chi connectivity index (χ0n) is 10.8. The second-order valence-electron chi connectivity index (χ2n) is 5.30. The van der Waals surface area contributed by atoms with Crippen LogP contribution in [0.1, 0.15) is 44.6 Å². The van der Waals surface area contributed by atoms with Gasteiger partial charge >= 0.3 is 0 Å². The fourth-order valence-electron chi connectivity index (χ4n) is 2.69. The van der Waals surface area contributed by atoms with Crippen molar-refractivity contribution in [2.75, 3.05) is 7.11 Å². The summed E-state index contributed by atoms with van der Waals surface area (Å²) in [5, 5.41) is 10.8. The highest BCUT2D eigenvalue weighted by Gasteiger charge is 2.31. The standard InChI is InChI=1S/C15H22O2/c1-12-4-3-10-15(16,11-9-12)13-5-7-14(17-2)8-6-13/h5-8,12,16H,3-4,9-11H2,1-2H3. The summed E-state index contributed by atoms with van der Waals surface area (Å²) in [6, 6.07) is 7.85. The fourth-order valence-corrected chi connectivity index (χ4v) is 2.69. The van der Waals surface area contributed by atoms with Crippen LogP contribution in [-0.4, -0.2) is 12.2 Å². The molecule has 0 heterocycles. The van der Waals surface area contributed by atoms with Crippen molar-refractivity contribution in [3.63, 3.8) is 0 Å². The molecule has 94 valence electrons. The molecule has 1 saturated carbocycles. The van der Waals surface area contributed by atoms with Gasteiger partial charge in [-0.3, -0.25) is 0 Å². The van der Waals surface area contributed by atoms with Crippen molar-refractivity contribution in [2.45, 2.75) is 44.6 Å². The minimum absolute atomic E-state index is 0.628. The Balaban J connectivity index is 2.17. The van der Waals surface area contributed by atoms with Gasteiger partial charge in [-0.2, -0.15) is 0 Å². The van der Waals surface area contributed by atoms with Crippen molar-refractivity contribution < 1.29 is 9.84 Å². The van der Waals surface area contributed by atoms with Crippen LogP contribution in [-0.2, 0) is 5.60 Å². The van der Waals surface area contributed by atoms with Crippen molar-refractivity contribution in [3.05, 3.63) is 29.8 Å². The third-order valence-corrected chi connectivity index (χ3v) is 3.97. The van der Waals surface area contributed by atoms with E-state index in [9.17, 15) is 5.11 Å². The van der Waals surface area contributed by atoms with Gasteiger partial charge < -0.3 is 9.84 Å². The van der Waals surface area contributed by atoms with E-state index >= 15 is 0 Å². The molecule has 1 aliphatic rings. The Morgan fingerprint density at radius 3 is 2.53 bits per heavy atom. The molecule has 0 aromatic heterocycles. The molecule has 1 N–H and O–H groups in total. The van der Waals surface area contributed by atoms with E-state index in [0.29, 0.717) is 0 Å². The summed E-state index contributed by atoms with van der Waals surface area (Å²) >= 11 is 0. The zero-order valence-corrected chi connectivity index (χ0v) is 10.8. The maximum absolute atomic E-state index is 10.8. The van der Waals surface area contributed by atoms with E-state index in [1.165, 1.54) is 6.42 Å². The molecule has 0 spiro atoms. The lowest BCUT2D eigenvalue weighted by Gasteiger charge is -2.27. The molecule has 0 saturated heterocycles. The number of benzene rings is 1. The van der Waals surface area contributed by atoms with Crippen LogP contribution in [0.3, 0.4) is 0 Å². The number of rotatable bonds is 2. The van der Waals surface area contributed by atoms with Gasteiger partial charge in [0, 0.05) is 0 Å². The first kappa shape index (κ1) is 12.4. The van der Waals surface area contributed by atoms with E-state index in [0.717, 1.165) is 42.9 Å². The molecule has 2 atom stereocenters. The van der Waals surface area contributed by atoms with Crippen molar-refractivity contribution in [1.82, 2.24) is 0 Å². The molecular formula is C15H22O2. The molecule has 1 fully saturated rings. The van der Waals surface area contributed by atoms with Gasteiger partial charge in [-0.15, -0.1) is 0 Å². The minimum Gasteiger partial charge on any atom is -0.497 e. The van der Waals surface area contributed by atoms with E-state index in [2.05, 4.69) is 6.92 Å². The summed E-state index contributed by atoms with van der Waals surface area (Å²) in [7, 11) is 1.66. The van der Waals surface area contributed by atoms with Crippen LogP contribution < -0.4 is 4.74 Å². The average Bonchev–Trinajstić information content (AvgIpc) is 2.53. The van der Waals surface area contributed by atoms with Crippen LogP contribution in [0.25, 0.3) is 0 Å². The Bertz CT molecular complexity index is 358. The molecule has 1 aliphatic carbocycles. The Hall–Kier alpha value is -1.02. The van der Waals surface area contributed by atoms with E-state index < -0.39 is 5.60 Å². The second kappa shape index (κ2) is 5.09. The number of hydrogen-bond donors (Lipinski definition) is 1. The molecule has 0 radical (unpaired) electrons. The number of hydrogen-bond acceptors (Lipinski definition) is 2. The summed E-state index contributed by atoms with van der Waals surface area (Å²) in [6.45, 7) is 2.28. The van der Waals surface area contributed by atoms with Crippen molar-refractivity contribution in [2.24, 2.45) is 5.92 Å². The zero-order chi connectivity index (χ0) is 12.3. The molecule has 17 heavy (non-hydrogen) atoms. The average molecular weight is 234 g/mol. The molecule has 0 aliphatic heterocycles. The first-order valence-electron chi connectivity index (χ1n) is 6.51. The van der Waals surface area contributed by atoms with Crippen LogP contribution in [0.2, 0.25) is 0 Å². The Kier molecular flexibility index (Phi) is 3.72. The van der Waals surface area contributed by atoms with Crippen LogP contribution >= 0.6 is 0 Å². The quantitative estimate of drug-likeness (QED) is 0.794. The van der Waals surface area contributed by atoms with Crippen molar-refractivity contribution in [1.29, 1.82) is 0 Å². The molecular weight excluding hydrogens is 212 g/mol. The highest BCUT2D eigenvalue weighted by Crippen LogP contribution is 2.38. The second-order valence-corrected chi connectivity index (χ2v) is 5.30. The predicted octanol–water partition coefficient (Wildman–Crippen LogP) is 3.48. The molecule has 2 rings (SSSR count). The minimum atomic E-state index is -0.628. The van der Waals surface area contributed by atoms with Gasteiger partial charge in [-0.05, 0) is 49.3 Å². The number of aliphatic hydroxyl groups is 1. The van der Waals surface area contributed by atoms with E-state index in [1.54, 1.807) is 7.11 Å². The molecule has 2 heteroatoms. The Labute approximate surface area is 104 Å². The monoisotopic (exact) mass is 234 g/mol. The van der Waals surface area contributed by atoms with Gasteiger partial charge in [-0.25, -0.2) is 0 Å². The first-order valence-corrected chi connectivity index (χ1v) is 6.51. The molecule has 1 aromatic rings.